The smallest absolute Gasteiger partial charge is 0.319 e. The van der Waals surface area contributed by atoms with E-state index in [-0.39, 0.29) is 17.7 Å². The third kappa shape index (κ3) is 6.33. The van der Waals surface area contributed by atoms with E-state index in [1.165, 1.54) is 18.2 Å². The fourth-order valence-electron chi connectivity index (χ4n) is 2.81. The van der Waals surface area contributed by atoms with Crippen LogP contribution in [-0.4, -0.2) is 48.8 Å². The Morgan fingerprint density at radius 1 is 1.43 bits per heavy atom. The highest BCUT2D eigenvalue weighted by Gasteiger charge is 2.18. The number of urea groups is 1. The van der Waals surface area contributed by atoms with Crippen molar-refractivity contribution in [3.63, 3.8) is 0 Å². The van der Waals surface area contributed by atoms with E-state index in [0.717, 1.165) is 38.9 Å². The number of halogens is 2. The van der Waals surface area contributed by atoms with Crippen LogP contribution in [0.4, 0.5) is 14.9 Å². The Bertz CT molecular complexity index is 510. The largest absolute Gasteiger partial charge is 0.396 e. The number of likely N-dealkylation sites (tertiary alicyclic amines) is 1. The molecule has 1 aromatic carbocycles. The summed E-state index contributed by atoms with van der Waals surface area (Å²) in [6.45, 7) is 3.64. The van der Waals surface area contributed by atoms with Gasteiger partial charge in [-0.2, -0.15) is 0 Å². The van der Waals surface area contributed by atoms with Gasteiger partial charge in [0, 0.05) is 30.4 Å². The van der Waals surface area contributed by atoms with E-state index in [4.69, 9.17) is 11.6 Å². The third-order valence-electron chi connectivity index (χ3n) is 3.92. The van der Waals surface area contributed by atoms with Crippen molar-refractivity contribution in [1.82, 2.24) is 10.2 Å². The fourth-order valence-corrected chi connectivity index (χ4v) is 3.03. The van der Waals surface area contributed by atoms with Crippen molar-refractivity contribution < 1.29 is 14.3 Å². The average molecular weight is 344 g/mol. The van der Waals surface area contributed by atoms with Gasteiger partial charge < -0.3 is 20.6 Å². The van der Waals surface area contributed by atoms with E-state index in [0.29, 0.717) is 18.2 Å². The first-order valence-corrected chi connectivity index (χ1v) is 8.29. The molecule has 2 amide bonds. The number of piperidine rings is 1. The maximum Gasteiger partial charge on any atom is 0.319 e. The molecule has 0 bridgehead atoms. The van der Waals surface area contributed by atoms with Crippen LogP contribution < -0.4 is 10.6 Å². The van der Waals surface area contributed by atoms with E-state index < -0.39 is 5.82 Å². The van der Waals surface area contributed by atoms with Gasteiger partial charge in [0.1, 0.15) is 5.82 Å². The Hall–Kier alpha value is -1.37. The summed E-state index contributed by atoms with van der Waals surface area (Å²) >= 11 is 5.74. The van der Waals surface area contributed by atoms with Crippen LogP contribution in [0.3, 0.4) is 0 Å². The number of benzene rings is 1. The summed E-state index contributed by atoms with van der Waals surface area (Å²) in [5, 5.41) is 14.7. The van der Waals surface area contributed by atoms with E-state index in [1.54, 1.807) is 0 Å². The number of rotatable bonds is 6. The highest BCUT2D eigenvalue weighted by molar-refractivity contribution is 6.30. The van der Waals surface area contributed by atoms with Gasteiger partial charge in [0.15, 0.2) is 0 Å². The van der Waals surface area contributed by atoms with Crippen LogP contribution in [0.1, 0.15) is 19.3 Å². The van der Waals surface area contributed by atoms with Crippen molar-refractivity contribution in [2.75, 3.05) is 38.1 Å². The molecule has 1 unspecified atom stereocenters. The number of aliphatic hydroxyl groups excluding tert-OH is 1. The summed E-state index contributed by atoms with van der Waals surface area (Å²) in [6, 6.07) is 3.52. The van der Waals surface area contributed by atoms with E-state index in [9.17, 15) is 14.3 Å². The van der Waals surface area contributed by atoms with Gasteiger partial charge in [-0.25, -0.2) is 9.18 Å². The molecule has 3 N–H and O–H groups in total. The highest BCUT2D eigenvalue weighted by Crippen LogP contribution is 2.18. The van der Waals surface area contributed by atoms with Gasteiger partial charge in [-0.15, -0.1) is 0 Å². The van der Waals surface area contributed by atoms with Crippen molar-refractivity contribution >= 4 is 23.3 Å². The van der Waals surface area contributed by atoms with Gasteiger partial charge in [0.05, 0.1) is 0 Å². The number of aliphatic hydroxyl groups is 1. The number of nitrogens with zero attached hydrogens (tertiary/aromatic N) is 1. The van der Waals surface area contributed by atoms with Gasteiger partial charge in [0.2, 0.25) is 0 Å². The highest BCUT2D eigenvalue weighted by atomic mass is 35.5. The lowest BCUT2D eigenvalue weighted by Gasteiger charge is -2.31. The molecule has 1 aromatic rings. The summed E-state index contributed by atoms with van der Waals surface area (Å²) in [5.41, 5.74) is 0.328. The standard InChI is InChI=1S/C16H23ClFN3O2/c17-13-7-14(18)9-15(8-13)20-16(23)19-4-2-6-21-5-1-3-12(10-21)11-22/h7-9,12,22H,1-6,10-11H2,(H2,19,20,23). The minimum atomic E-state index is -0.490. The second kappa shape index (κ2) is 9.05. The van der Waals surface area contributed by atoms with Gasteiger partial charge >= 0.3 is 6.03 Å². The molecule has 1 atom stereocenters. The number of carbonyl (C=O) groups excluding carboxylic acids is 1. The zero-order valence-electron chi connectivity index (χ0n) is 13.0. The molecule has 0 aromatic heterocycles. The van der Waals surface area contributed by atoms with Gasteiger partial charge in [-0.1, -0.05) is 11.6 Å². The first-order valence-electron chi connectivity index (χ1n) is 7.91. The molecule has 128 valence electrons. The molecule has 1 fully saturated rings. The topological polar surface area (TPSA) is 64.6 Å². The lowest BCUT2D eigenvalue weighted by Crippen LogP contribution is -2.38. The van der Waals surface area contributed by atoms with Crippen LogP contribution in [0.15, 0.2) is 18.2 Å². The van der Waals surface area contributed by atoms with Crippen molar-refractivity contribution in [3.8, 4) is 0 Å². The first-order chi connectivity index (χ1) is 11.1. The number of hydrogen-bond donors (Lipinski definition) is 3. The van der Waals surface area contributed by atoms with E-state index in [2.05, 4.69) is 15.5 Å². The van der Waals surface area contributed by atoms with Crippen molar-refractivity contribution in [3.05, 3.63) is 29.0 Å². The summed E-state index contributed by atoms with van der Waals surface area (Å²) in [4.78, 5) is 14.1. The lowest BCUT2D eigenvalue weighted by molar-refractivity contribution is 0.120. The SMILES string of the molecule is O=C(NCCCN1CCCC(CO)C1)Nc1cc(F)cc(Cl)c1. The third-order valence-corrected chi connectivity index (χ3v) is 4.14. The molecule has 1 heterocycles. The number of carbonyl (C=O) groups is 1. The average Bonchev–Trinajstić information content (AvgIpc) is 2.51. The molecule has 1 aliphatic rings. The molecule has 0 saturated carbocycles. The van der Waals surface area contributed by atoms with E-state index in [1.807, 2.05) is 0 Å². The van der Waals surface area contributed by atoms with Crippen molar-refractivity contribution in [1.29, 1.82) is 0 Å². The Morgan fingerprint density at radius 2 is 2.26 bits per heavy atom. The number of amides is 2. The monoisotopic (exact) mass is 343 g/mol. The molecule has 1 saturated heterocycles. The van der Waals surface area contributed by atoms with Crippen LogP contribution >= 0.6 is 11.6 Å². The van der Waals surface area contributed by atoms with Gasteiger partial charge in [-0.05, 0) is 56.5 Å². The molecule has 7 heteroatoms. The maximum absolute atomic E-state index is 13.2. The second-order valence-electron chi connectivity index (χ2n) is 5.88. The zero-order valence-corrected chi connectivity index (χ0v) is 13.8. The van der Waals surface area contributed by atoms with Crippen LogP contribution in [0.2, 0.25) is 5.02 Å². The zero-order chi connectivity index (χ0) is 16.7. The molecule has 0 spiro atoms. The summed E-state index contributed by atoms with van der Waals surface area (Å²) in [7, 11) is 0. The Balaban J connectivity index is 1.65. The van der Waals surface area contributed by atoms with Crippen molar-refractivity contribution in [2.45, 2.75) is 19.3 Å². The van der Waals surface area contributed by atoms with E-state index >= 15 is 0 Å². The lowest BCUT2D eigenvalue weighted by atomic mass is 9.99. The predicted octanol–water partition coefficient (Wildman–Crippen LogP) is 2.70. The Morgan fingerprint density at radius 3 is 3.00 bits per heavy atom. The van der Waals surface area contributed by atoms with Crippen molar-refractivity contribution in [2.24, 2.45) is 5.92 Å². The number of anilines is 1. The normalized spacial score (nSPS) is 18.7. The minimum Gasteiger partial charge on any atom is -0.396 e. The molecule has 0 radical (unpaired) electrons. The minimum absolute atomic E-state index is 0.240. The molecule has 2 rings (SSSR count). The fraction of sp³-hybridized carbons (Fsp3) is 0.562. The molecule has 0 aliphatic carbocycles. The maximum atomic E-state index is 13.2. The quantitative estimate of drug-likeness (QED) is 0.696. The molecule has 5 nitrogen and oxygen atoms in total. The molecular formula is C16H23ClFN3O2. The van der Waals surface area contributed by atoms with Crippen LogP contribution in [0.25, 0.3) is 0 Å². The van der Waals surface area contributed by atoms with Crippen LogP contribution in [0.5, 0.6) is 0 Å². The Kier molecular flexibility index (Phi) is 7.08. The predicted molar refractivity (Wildman–Crippen MR) is 89.3 cm³/mol. The summed E-state index contributed by atoms with van der Waals surface area (Å²) < 4.78 is 13.2. The molecular weight excluding hydrogens is 321 g/mol. The van der Waals surface area contributed by atoms with Gasteiger partial charge in [0.25, 0.3) is 0 Å². The Labute approximate surface area is 140 Å². The van der Waals surface area contributed by atoms with Gasteiger partial charge in [-0.3, -0.25) is 0 Å². The molecule has 1 aliphatic heterocycles. The number of hydrogen-bond acceptors (Lipinski definition) is 3. The molecule has 23 heavy (non-hydrogen) atoms. The first kappa shape index (κ1) is 18.0. The number of nitrogens with one attached hydrogen (secondary N) is 2. The second-order valence-corrected chi connectivity index (χ2v) is 6.32. The summed E-state index contributed by atoms with van der Waals surface area (Å²) in [6.07, 6.45) is 3.03. The van der Waals surface area contributed by atoms with Crippen LogP contribution in [0, 0.1) is 11.7 Å². The van der Waals surface area contributed by atoms with Crippen LogP contribution in [-0.2, 0) is 0 Å². The summed E-state index contributed by atoms with van der Waals surface area (Å²) in [5.74, 6) is -0.117.